The molecule has 5 heterocycles. The number of nitrogens with zero attached hydrogens (tertiary/aromatic N) is 6. The van der Waals surface area contributed by atoms with Gasteiger partial charge >= 0.3 is 5.97 Å². The lowest BCUT2D eigenvalue weighted by Gasteiger charge is -2.23. The minimum atomic E-state index is -0.665. The Balaban J connectivity index is 0.887. The summed E-state index contributed by atoms with van der Waals surface area (Å²) in [6.45, 7) is 2.62. The highest BCUT2D eigenvalue weighted by atomic mass is 16.7. The van der Waals surface area contributed by atoms with Crippen molar-refractivity contribution >= 4 is 70.5 Å². The highest BCUT2D eigenvalue weighted by molar-refractivity contribution is 6.15. The second-order valence-electron chi connectivity index (χ2n) is 17.0. The van der Waals surface area contributed by atoms with Gasteiger partial charge in [-0.3, -0.25) is 39.0 Å². The van der Waals surface area contributed by atoms with Gasteiger partial charge in [0.05, 0.1) is 41.7 Å². The van der Waals surface area contributed by atoms with Crippen LogP contribution in [0.3, 0.4) is 0 Å². The molecule has 15 heteroatoms. The van der Waals surface area contributed by atoms with Gasteiger partial charge in [-0.15, -0.1) is 5.06 Å². The van der Waals surface area contributed by atoms with Crippen LogP contribution in [0.4, 0.5) is 28.4 Å². The number of carbonyl (C=O) groups excluding carboxylic acids is 5. The van der Waals surface area contributed by atoms with E-state index in [9.17, 15) is 24.0 Å². The summed E-state index contributed by atoms with van der Waals surface area (Å²) in [4.78, 5) is 84.7. The first kappa shape index (κ1) is 42.2. The number of rotatable bonds is 13. The van der Waals surface area contributed by atoms with E-state index in [0.29, 0.717) is 70.6 Å². The molecule has 0 N–H and O–H groups in total. The number of amides is 4. The maximum atomic E-state index is 14.0. The van der Waals surface area contributed by atoms with Crippen molar-refractivity contribution in [2.75, 3.05) is 35.4 Å². The average Bonchev–Trinajstić information content (AvgIpc) is 3.94. The molecule has 2 atom stereocenters. The number of methoxy groups -OCH3 is 1. The fourth-order valence-corrected chi connectivity index (χ4v) is 9.24. The smallest absolute Gasteiger partial charge is 0.333 e. The molecule has 5 aromatic carbocycles. The molecule has 5 aliphatic rings. The highest BCUT2D eigenvalue weighted by Crippen LogP contribution is 2.42. The summed E-state index contributed by atoms with van der Waals surface area (Å²) in [5.74, 6) is -0.602. The molecular formula is C51H46N6O9. The Labute approximate surface area is 380 Å². The Kier molecular flexibility index (Phi) is 11.0. The third-order valence-corrected chi connectivity index (χ3v) is 12.6. The summed E-state index contributed by atoms with van der Waals surface area (Å²) in [5, 5.41) is 0.561. The van der Waals surface area contributed by atoms with Crippen molar-refractivity contribution < 1.29 is 43.0 Å². The first-order chi connectivity index (χ1) is 32.0. The maximum Gasteiger partial charge on any atom is 0.333 e. The van der Waals surface area contributed by atoms with Crippen LogP contribution in [0.25, 0.3) is 0 Å². The zero-order chi connectivity index (χ0) is 45.6. The van der Waals surface area contributed by atoms with Crippen molar-refractivity contribution in [1.82, 2.24) is 5.06 Å². The average molecular weight is 887 g/mol. The SMILES string of the molecule is COc1cc2c(cc1OCc1cc(COc3cc4c(cc3C)C(=O)N3c5ccccc5C[C@H]3C=N4)cc(N(C)CCCC(=O)ON3C(=O)CCC3=O)c1)N=C[C@@H]1Cc3ccccc3N1C2=O. The van der Waals surface area contributed by atoms with Gasteiger partial charge in [-0.1, -0.05) is 36.4 Å². The van der Waals surface area contributed by atoms with Gasteiger partial charge in [-0.25, -0.2) is 4.79 Å². The fourth-order valence-electron chi connectivity index (χ4n) is 9.24. The van der Waals surface area contributed by atoms with Crippen LogP contribution in [-0.2, 0) is 45.3 Å². The highest BCUT2D eigenvalue weighted by Gasteiger charge is 2.38. The molecule has 0 saturated carbocycles. The number of aliphatic imine (C=N–C) groups is 2. The normalized spacial score (nSPS) is 17.7. The molecule has 5 aromatic rings. The molecule has 15 nitrogen and oxygen atoms in total. The van der Waals surface area contributed by atoms with E-state index in [-0.39, 0.29) is 56.4 Å². The van der Waals surface area contributed by atoms with Crippen LogP contribution in [-0.4, -0.2) is 79.9 Å². The van der Waals surface area contributed by atoms with Gasteiger partial charge < -0.3 is 23.9 Å². The lowest BCUT2D eigenvalue weighted by atomic mass is 10.1. The van der Waals surface area contributed by atoms with Crippen LogP contribution >= 0.6 is 0 Å². The number of benzene rings is 5. The summed E-state index contributed by atoms with van der Waals surface area (Å²) in [6.07, 6.45) is 5.45. The second kappa shape index (κ2) is 17.3. The van der Waals surface area contributed by atoms with Gasteiger partial charge in [0.2, 0.25) is 0 Å². The molecule has 4 amide bonds. The Morgan fingerprint density at radius 1 is 0.697 bits per heavy atom. The van der Waals surface area contributed by atoms with Crippen molar-refractivity contribution in [1.29, 1.82) is 0 Å². The summed E-state index contributed by atoms with van der Waals surface area (Å²) in [5.41, 5.74) is 9.14. The van der Waals surface area contributed by atoms with E-state index in [4.69, 9.17) is 29.0 Å². The van der Waals surface area contributed by atoms with Gasteiger partial charge in [0.1, 0.15) is 19.0 Å². The van der Waals surface area contributed by atoms with Gasteiger partial charge in [0, 0.05) is 87.3 Å². The van der Waals surface area contributed by atoms with Crippen molar-refractivity contribution in [2.45, 2.75) is 70.7 Å². The molecular weight excluding hydrogens is 841 g/mol. The predicted molar refractivity (Wildman–Crippen MR) is 247 cm³/mol. The molecule has 0 aromatic heterocycles. The van der Waals surface area contributed by atoms with Crippen molar-refractivity contribution in [3.8, 4) is 17.2 Å². The predicted octanol–water partition coefficient (Wildman–Crippen LogP) is 7.56. The molecule has 5 aliphatic heterocycles. The Morgan fingerprint density at radius 2 is 1.24 bits per heavy atom. The Hall–Kier alpha value is -7.81. The molecule has 1 fully saturated rings. The second-order valence-corrected chi connectivity index (χ2v) is 17.0. The molecule has 0 bridgehead atoms. The van der Waals surface area contributed by atoms with E-state index < -0.39 is 17.8 Å². The molecule has 66 heavy (non-hydrogen) atoms. The number of ether oxygens (including phenoxy) is 3. The number of anilines is 3. The number of fused-ring (bicyclic) bond motifs is 8. The topological polar surface area (TPSA) is 160 Å². The minimum Gasteiger partial charge on any atom is -0.493 e. The van der Waals surface area contributed by atoms with Crippen LogP contribution < -0.4 is 28.9 Å². The van der Waals surface area contributed by atoms with Crippen molar-refractivity contribution in [2.24, 2.45) is 9.98 Å². The van der Waals surface area contributed by atoms with Gasteiger partial charge in [0.25, 0.3) is 23.6 Å². The zero-order valence-corrected chi connectivity index (χ0v) is 36.7. The first-order valence-corrected chi connectivity index (χ1v) is 22.0. The Bertz CT molecular complexity index is 2890. The lowest BCUT2D eigenvalue weighted by molar-refractivity contribution is -0.197. The molecule has 0 radical (unpaired) electrons. The van der Waals surface area contributed by atoms with Gasteiger partial charge in [-0.05, 0) is 83.6 Å². The number of hydrogen-bond donors (Lipinski definition) is 0. The molecule has 1 saturated heterocycles. The summed E-state index contributed by atoms with van der Waals surface area (Å²) in [6, 6.07) is 28.5. The lowest BCUT2D eigenvalue weighted by Crippen LogP contribution is -2.37. The molecule has 0 aliphatic carbocycles. The van der Waals surface area contributed by atoms with Crippen LogP contribution in [0.1, 0.15) is 74.2 Å². The number of carbonyl (C=O) groups is 5. The summed E-state index contributed by atoms with van der Waals surface area (Å²) in [7, 11) is 3.43. The maximum absolute atomic E-state index is 14.0. The van der Waals surface area contributed by atoms with E-state index >= 15 is 0 Å². The number of hydrogen-bond acceptors (Lipinski definition) is 12. The van der Waals surface area contributed by atoms with Crippen molar-refractivity contribution in [3.05, 3.63) is 130 Å². The largest absolute Gasteiger partial charge is 0.493 e. The van der Waals surface area contributed by atoms with E-state index in [1.807, 2.05) is 115 Å². The summed E-state index contributed by atoms with van der Waals surface area (Å²) < 4.78 is 18.7. The van der Waals surface area contributed by atoms with E-state index in [0.717, 1.165) is 44.9 Å². The van der Waals surface area contributed by atoms with Crippen LogP contribution in [0, 0.1) is 6.92 Å². The monoisotopic (exact) mass is 886 g/mol. The molecule has 334 valence electrons. The minimum absolute atomic E-state index is 0.0120. The number of imide groups is 1. The van der Waals surface area contributed by atoms with Crippen LogP contribution in [0.5, 0.6) is 17.2 Å². The summed E-state index contributed by atoms with van der Waals surface area (Å²) >= 11 is 0. The molecule has 10 rings (SSSR count). The quantitative estimate of drug-likeness (QED) is 0.108. The third kappa shape index (κ3) is 7.90. The van der Waals surface area contributed by atoms with Gasteiger partial charge in [-0.2, -0.15) is 0 Å². The molecule has 0 spiro atoms. The van der Waals surface area contributed by atoms with Crippen LogP contribution in [0.15, 0.2) is 101 Å². The zero-order valence-electron chi connectivity index (χ0n) is 36.7. The van der Waals surface area contributed by atoms with E-state index in [2.05, 4.69) is 0 Å². The number of aryl methyl sites for hydroxylation is 1. The van der Waals surface area contributed by atoms with Gasteiger partial charge in [0.15, 0.2) is 11.5 Å². The fraction of sp³-hybridized carbons (Fsp3) is 0.275. The first-order valence-electron chi connectivity index (χ1n) is 22.0. The Morgan fingerprint density at radius 3 is 1.83 bits per heavy atom. The van der Waals surface area contributed by atoms with E-state index in [1.165, 1.54) is 7.11 Å². The molecule has 0 unspecified atom stereocenters. The number of para-hydroxylation sites is 2. The van der Waals surface area contributed by atoms with E-state index in [1.54, 1.807) is 17.0 Å². The standard InChI is InChI=1S/C51H46N6O9/c1-30-17-38-40(52-26-36-21-33-9-4-6-11-42(33)55(36)50(38)61)24-44(30)64-28-31-18-32(20-35(19-31)54(2)16-8-13-49(60)66-57-47(58)14-15-48(57)59)29-65-46-25-41-39(23-45(46)63-3)51(62)56-37(27-53-41)22-34-10-5-7-12-43(34)56/h4-7,9-12,17-20,23-27,36-37H,8,13-16,21-22,28-29H2,1-3H3/t36-,37-/m0/s1. The van der Waals surface area contributed by atoms with Crippen LogP contribution in [0.2, 0.25) is 0 Å². The number of hydroxylamine groups is 2. The third-order valence-electron chi connectivity index (χ3n) is 12.6. The van der Waals surface area contributed by atoms with Crippen molar-refractivity contribution in [3.63, 3.8) is 0 Å².